The number of carbonyl (C=O) groups excluding carboxylic acids is 1. The van der Waals surface area contributed by atoms with E-state index >= 15 is 0 Å². The highest BCUT2D eigenvalue weighted by molar-refractivity contribution is 5.64. The van der Waals surface area contributed by atoms with Crippen LogP contribution in [0.4, 0.5) is 4.79 Å². The van der Waals surface area contributed by atoms with Crippen LogP contribution >= 0.6 is 0 Å². The van der Waals surface area contributed by atoms with Crippen LogP contribution in [-0.4, -0.2) is 30.0 Å². The summed E-state index contributed by atoms with van der Waals surface area (Å²) in [5, 5.41) is 8.72. The lowest BCUT2D eigenvalue weighted by molar-refractivity contribution is 0.0286. The third kappa shape index (κ3) is 6.63. The Balaban J connectivity index is 4.17. The van der Waals surface area contributed by atoms with Gasteiger partial charge >= 0.3 is 6.09 Å². The molecular formula is C11H24N2O3. The highest BCUT2D eigenvalue weighted by Crippen LogP contribution is 2.26. The first-order valence-electron chi connectivity index (χ1n) is 5.60. The van der Waals surface area contributed by atoms with Crippen LogP contribution in [0.5, 0.6) is 0 Å². The lowest BCUT2D eigenvalue weighted by Crippen LogP contribution is -2.35. The topological polar surface area (TPSA) is 98.6 Å². The Morgan fingerprint density at radius 2 is 1.88 bits per heavy atom. The van der Waals surface area contributed by atoms with Gasteiger partial charge in [-0.2, -0.15) is 0 Å². The van der Waals surface area contributed by atoms with E-state index in [1.165, 1.54) is 0 Å². The third-order valence-corrected chi connectivity index (χ3v) is 2.52. The molecule has 5 nitrogen and oxygen atoms in total. The van der Waals surface area contributed by atoms with Crippen LogP contribution in [0, 0.1) is 5.41 Å². The lowest BCUT2D eigenvalue weighted by Gasteiger charge is -2.30. The highest BCUT2D eigenvalue weighted by atomic mass is 16.6. The molecule has 0 aromatic rings. The number of aliphatic hydroxyl groups excluding tert-OH is 1. The first-order chi connectivity index (χ1) is 7.27. The van der Waals surface area contributed by atoms with E-state index in [9.17, 15) is 4.79 Å². The van der Waals surface area contributed by atoms with Crippen LogP contribution < -0.4 is 11.5 Å². The zero-order chi connectivity index (χ0) is 12.8. The summed E-state index contributed by atoms with van der Waals surface area (Å²) in [5.74, 6) is 0. The van der Waals surface area contributed by atoms with Gasteiger partial charge < -0.3 is 21.3 Å². The Kier molecular flexibility index (Phi) is 6.36. The Labute approximate surface area is 97.1 Å². The second-order valence-electron chi connectivity index (χ2n) is 5.14. The second-order valence-corrected chi connectivity index (χ2v) is 5.14. The van der Waals surface area contributed by atoms with Gasteiger partial charge in [0.15, 0.2) is 0 Å². The maximum absolute atomic E-state index is 10.8. The molecule has 0 radical (unpaired) electrons. The van der Waals surface area contributed by atoms with E-state index in [1.54, 1.807) is 0 Å². The number of amides is 1. The Morgan fingerprint density at radius 1 is 1.31 bits per heavy atom. The maximum atomic E-state index is 10.8. The van der Waals surface area contributed by atoms with Crippen LogP contribution in [0.2, 0.25) is 0 Å². The summed E-state index contributed by atoms with van der Waals surface area (Å²) >= 11 is 0. The van der Waals surface area contributed by atoms with Gasteiger partial charge in [0.1, 0.15) is 6.10 Å². The van der Waals surface area contributed by atoms with Crippen molar-refractivity contribution < 1.29 is 14.6 Å². The SMILES string of the molecule is CC(C)(C)C(CC[C@H](N)CCO)OC(N)=O. The molecular weight excluding hydrogens is 208 g/mol. The van der Waals surface area contributed by atoms with E-state index in [2.05, 4.69) is 0 Å². The highest BCUT2D eigenvalue weighted by Gasteiger charge is 2.27. The summed E-state index contributed by atoms with van der Waals surface area (Å²) in [7, 11) is 0. The molecule has 0 aromatic heterocycles. The van der Waals surface area contributed by atoms with Crippen molar-refractivity contribution in [2.75, 3.05) is 6.61 Å². The fraction of sp³-hybridized carbons (Fsp3) is 0.909. The van der Waals surface area contributed by atoms with E-state index in [0.717, 1.165) is 0 Å². The van der Waals surface area contributed by atoms with Crippen LogP contribution in [0.3, 0.4) is 0 Å². The van der Waals surface area contributed by atoms with Gasteiger partial charge in [-0.3, -0.25) is 0 Å². The third-order valence-electron chi connectivity index (χ3n) is 2.52. The van der Waals surface area contributed by atoms with Gasteiger partial charge in [-0.15, -0.1) is 0 Å². The molecule has 1 unspecified atom stereocenters. The molecule has 0 heterocycles. The van der Waals surface area contributed by atoms with Crippen LogP contribution in [0.1, 0.15) is 40.0 Å². The van der Waals surface area contributed by atoms with Crippen molar-refractivity contribution in [1.82, 2.24) is 0 Å². The quantitative estimate of drug-likeness (QED) is 0.636. The van der Waals surface area contributed by atoms with Crippen LogP contribution in [-0.2, 0) is 4.74 Å². The Bertz CT molecular complexity index is 214. The zero-order valence-electron chi connectivity index (χ0n) is 10.4. The molecule has 0 aromatic carbocycles. The fourth-order valence-corrected chi connectivity index (χ4v) is 1.48. The van der Waals surface area contributed by atoms with Gasteiger partial charge in [-0.1, -0.05) is 20.8 Å². The van der Waals surface area contributed by atoms with Crippen molar-refractivity contribution >= 4 is 6.09 Å². The molecule has 0 saturated heterocycles. The van der Waals surface area contributed by atoms with Crippen molar-refractivity contribution in [1.29, 1.82) is 0 Å². The van der Waals surface area contributed by atoms with E-state index in [0.29, 0.717) is 19.3 Å². The number of nitrogens with two attached hydrogens (primary N) is 2. The van der Waals surface area contributed by atoms with Gasteiger partial charge in [0.2, 0.25) is 0 Å². The van der Waals surface area contributed by atoms with Crippen molar-refractivity contribution in [2.45, 2.75) is 52.2 Å². The average molecular weight is 232 g/mol. The van der Waals surface area contributed by atoms with Gasteiger partial charge in [0.25, 0.3) is 0 Å². The smallest absolute Gasteiger partial charge is 0.404 e. The van der Waals surface area contributed by atoms with E-state index in [1.807, 2.05) is 20.8 Å². The standard InChI is InChI=1S/C11H24N2O3/c1-11(2,3)9(16-10(13)15)5-4-8(12)6-7-14/h8-9,14H,4-7,12H2,1-3H3,(H2,13,15)/t8-,9?/m0/s1. The molecule has 0 aliphatic rings. The number of aliphatic hydroxyl groups is 1. The van der Waals surface area contributed by atoms with Gasteiger partial charge in [-0.25, -0.2) is 4.79 Å². The predicted molar refractivity (Wildman–Crippen MR) is 62.8 cm³/mol. The molecule has 1 amide bonds. The summed E-state index contributed by atoms with van der Waals surface area (Å²) in [6.45, 7) is 6.03. The van der Waals surface area contributed by atoms with Crippen molar-refractivity contribution in [2.24, 2.45) is 16.9 Å². The molecule has 0 saturated carbocycles. The number of ether oxygens (including phenoxy) is 1. The van der Waals surface area contributed by atoms with Gasteiger partial charge in [-0.05, 0) is 24.7 Å². The molecule has 0 bridgehead atoms. The first kappa shape index (κ1) is 15.2. The minimum absolute atomic E-state index is 0.0636. The summed E-state index contributed by atoms with van der Waals surface area (Å²) in [4.78, 5) is 10.8. The molecule has 0 aliphatic carbocycles. The second kappa shape index (κ2) is 6.70. The van der Waals surface area contributed by atoms with E-state index in [-0.39, 0.29) is 24.2 Å². The van der Waals surface area contributed by atoms with Crippen LogP contribution in [0.15, 0.2) is 0 Å². The molecule has 96 valence electrons. The summed E-state index contributed by atoms with van der Waals surface area (Å²) in [6.07, 6.45) is 0.932. The number of hydrogen-bond acceptors (Lipinski definition) is 4. The minimum atomic E-state index is -0.754. The van der Waals surface area contributed by atoms with E-state index < -0.39 is 6.09 Å². The number of primary amides is 1. The molecule has 0 fully saturated rings. The average Bonchev–Trinajstić information content (AvgIpc) is 2.10. The molecule has 5 heteroatoms. The van der Waals surface area contributed by atoms with Crippen molar-refractivity contribution in [3.8, 4) is 0 Å². The molecule has 2 atom stereocenters. The lowest BCUT2D eigenvalue weighted by atomic mass is 9.85. The molecule has 5 N–H and O–H groups in total. The van der Waals surface area contributed by atoms with E-state index in [4.69, 9.17) is 21.3 Å². The molecule has 0 spiro atoms. The summed E-state index contributed by atoms with van der Waals surface area (Å²) in [5.41, 5.74) is 10.6. The number of hydrogen-bond donors (Lipinski definition) is 3. The Morgan fingerprint density at radius 3 is 2.25 bits per heavy atom. The van der Waals surface area contributed by atoms with Crippen molar-refractivity contribution in [3.05, 3.63) is 0 Å². The van der Waals surface area contributed by atoms with Gasteiger partial charge in [0, 0.05) is 12.6 Å². The minimum Gasteiger partial charge on any atom is -0.446 e. The van der Waals surface area contributed by atoms with Gasteiger partial charge in [0.05, 0.1) is 0 Å². The first-order valence-corrected chi connectivity index (χ1v) is 5.60. The van der Waals surface area contributed by atoms with Crippen molar-refractivity contribution in [3.63, 3.8) is 0 Å². The Hall–Kier alpha value is -0.810. The molecule has 16 heavy (non-hydrogen) atoms. The predicted octanol–water partition coefficient (Wildman–Crippen LogP) is 0.986. The molecule has 0 rings (SSSR count). The summed E-state index contributed by atoms with van der Waals surface area (Å²) in [6, 6.07) is -0.0636. The largest absolute Gasteiger partial charge is 0.446 e. The fourth-order valence-electron chi connectivity index (χ4n) is 1.48. The number of carbonyl (C=O) groups is 1. The maximum Gasteiger partial charge on any atom is 0.404 e. The molecule has 0 aliphatic heterocycles. The zero-order valence-corrected chi connectivity index (χ0v) is 10.4. The monoisotopic (exact) mass is 232 g/mol. The van der Waals surface area contributed by atoms with Crippen LogP contribution in [0.25, 0.3) is 0 Å². The number of rotatable bonds is 6. The normalized spacial score (nSPS) is 15.6. The summed E-state index contributed by atoms with van der Waals surface area (Å²) < 4.78 is 5.06.